The molecule has 0 aliphatic carbocycles. The molecule has 1 saturated heterocycles. The van der Waals surface area contributed by atoms with Crippen molar-refractivity contribution in [1.29, 1.82) is 0 Å². The van der Waals surface area contributed by atoms with E-state index in [0.29, 0.717) is 0 Å². The number of carbonyl (C=O) groups is 2. The molecular formula is C20H21F2N3O2. The number of halogens is 2. The zero-order chi connectivity index (χ0) is 19.7. The van der Waals surface area contributed by atoms with Gasteiger partial charge < -0.3 is 15.1 Å². The first-order valence-electron chi connectivity index (χ1n) is 8.60. The molecule has 1 aliphatic rings. The summed E-state index contributed by atoms with van der Waals surface area (Å²) in [6, 6.07) is 9.61. The molecule has 2 amide bonds. The van der Waals surface area contributed by atoms with E-state index in [1.165, 1.54) is 19.0 Å². The quantitative estimate of drug-likeness (QED) is 0.894. The number of benzene rings is 2. The summed E-state index contributed by atoms with van der Waals surface area (Å²) < 4.78 is 28.1. The average molecular weight is 373 g/mol. The minimum absolute atomic E-state index is 0.0295. The van der Waals surface area contributed by atoms with Gasteiger partial charge in [0.25, 0.3) is 0 Å². The predicted molar refractivity (Wildman–Crippen MR) is 101 cm³/mol. The highest BCUT2D eigenvalue weighted by atomic mass is 19.1. The van der Waals surface area contributed by atoms with Gasteiger partial charge in [0.2, 0.25) is 11.8 Å². The summed E-state index contributed by atoms with van der Waals surface area (Å²) in [6.45, 7) is 2.18. The van der Waals surface area contributed by atoms with Gasteiger partial charge in [-0.15, -0.1) is 0 Å². The Bertz CT molecular complexity index is 858. The minimum Gasteiger partial charge on any atom is -0.373 e. The van der Waals surface area contributed by atoms with Crippen molar-refractivity contribution in [3.63, 3.8) is 0 Å². The number of nitrogens with one attached hydrogen (secondary N) is 1. The van der Waals surface area contributed by atoms with E-state index in [0.717, 1.165) is 23.4 Å². The van der Waals surface area contributed by atoms with Crippen LogP contribution in [0.15, 0.2) is 36.4 Å². The largest absolute Gasteiger partial charge is 0.373 e. The summed E-state index contributed by atoms with van der Waals surface area (Å²) in [5.74, 6) is -2.70. The van der Waals surface area contributed by atoms with Gasteiger partial charge in [-0.05, 0) is 31.2 Å². The number of amides is 2. The molecule has 1 atom stereocenters. The van der Waals surface area contributed by atoms with E-state index >= 15 is 0 Å². The molecule has 0 aromatic heterocycles. The number of anilines is 3. The van der Waals surface area contributed by atoms with Crippen molar-refractivity contribution < 1.29 is 18.4 Å². The topological polar surface area (TPSA) is 52.7 Å². The maximum Gasteiger partial charge on any atom is 0.229 e. The fourth-order valence-electron chi connectivity index (χ4n) is 3.17. The zero-order valence-electron chi connectivity index (χ0n) is 15.4. The van der Waals surface area contributed by atoms with E-state index in [9.17, 15) is 18.4 Å². The Morgan fingerprint density at radius 2 is 1.74 bits per heavy atom. The van der Waals surface area contributed by atoms with Gasteiger partial charge in [0, 0.05) is 38.4 Å². The average Bonchev–Trinajstić information content (AvgIpc) is 2.96. The Balaban J connectivity index is 1.72. The standard InChI is InChI=1S/C20H21F2N3O2/c1-12-4-6-15(7-5-12)25-11-13(8-18(25)26)20(27)23-14-9-16(21)19(24(2)3)17(22)10-14/h4-7,9-10,13H,8,11H2,1-3H3,(H,23,27). The molecule has 1 N–H and O–H groups in total. The van der Waals surface area contributed by atoms with E-state index in [2.05, 4.69) is 5.32 Å². The van der Waals surface area contributed by atoms with E-state index in [1.54, 1.807) is 4.90 Å². The SMILES string of the molecule is Cc1ccc(N2CC(C(=O)Nc3cc(F)c(N(C)C)c(F)c3)CC2=O)cc1. The maximum atomic E-state index is 14.1. The van der Waals surface area contributed by atoms with Gasteiger partial charge >= 0.3 is 0 Å². The molecule has 1 unspecified atom stereocenters. The van der Waals surface area contributed by atoms with Crippen LogP contribution in [0.25, 0.3) is 0 Å². The third-order valence-electron chi connectivity index (χ3n) is 4.57. The van der Waals surface area contributed by atoms with Gasteiger partial charge in [-0.1, -0.05) is 17.7 Å². The molecule has 3 rings (SSSR count). The van der Waals surface area contributed by atoms with Crippen LogP contribution in [0.2, 0.25) is 0 Å². The maximum absolute atomic E-state index is 14.1. The lowest BCUT2D eigenvalue weighted by Gasteiger charge is -2.18. The Morgan fingerprint density at radius 1 is 1.15 bits per heavy atom. The lowest BCUT2D eigenvalue weighted by Crippen LogP contribution is -2.28. The zero-order valence-corrected chi connectivity index (χ0v) is 15.4. The molecule has 1 fully saturated rings. The fraction of sp³-hybridized carbons (Fsp3) is 0.300. The van der Waals surface area contributed by atoms with Gasteiger partial charge in [0.05, 0.1) is 5.92 Å². The van der Waals surface area contributed by atoms with Crippen molar-refractivity contribution in [2.24, 2.45) is 5.92 Å². The third-order valence-corrected chi connectivity index (χ3v) is 4.57. The Labute approximate surface area is 156 Å². The molecule has 0 spiro atoms. The number of aryl methyl sites for hydroxylation is 1. The van der Waals surface area contributed by atoms with Crippen molar-refractivity contribution in [3.05, 3.63) is 53.6 Å². The molecule has 0 bridgehead atoms. The van der Waals surface area contributed by atoms with Gasteiger partial charge in [-0.3, -0.25) is 9.59 Å². The number of carbonyl (C=O) groups excluding carboxylic acids is 2. The first kappa shape index (κ1) is 18.8. The Morgan fingerprint density at radius 3 is 2.30 bits per heavy atom. The molecule has 142 valence electrons. The minimum atomic E-state index is -0.765. The smallest absolute Gasteiger partial charge is 0.229 e. The Hall–Kier alpha value is -2.96. The molecule has 2 aromatic carbocycles. The van der Waals surface area contributed by atoms with Gasteiger partial charge in [0.1, 0.15) is 5.69 Å². The first-order chi connectivity index (χ1) is 12.8. The van der Waals surface area contributed by atoms with Gasteiger partial charge in [-0.25, -0.2) is 8.78 Å². The first-order valence-corrected chi connectivity index (χ1v) is 8.60. The molecule has 0 radical (unpaired) electrons. The molecule has 7 heteroatoms. The van der Waals surface area contributed by atoms with Crippen molar-refractivity contribution in [3.8, 4) is 0 Å². The van der Waals surface area contributed by atoms with E-state index in [1.807, 2.05) is 31.2 Å². The molecule has 1 heterocycles. The molecule has 2 aromatic rings. The van der Waals surface area contributed by atoms with Crippen LogP contribution in [0, 0.1) is 24.5 Å². The molecule has 0 saturated carbocycles. The second-order valence-electron chi connectivity index (χ2n) is 6.91. The summed E-state index contributed by atoms with van der Waals surface area (Å²) in [7, 11) is 3.06. The van der Waals surface area contributed by atoms with Crippen LogP contribution in [0.1, 0.15) is 12.0 Å². The lowest BCUT2D eigenvalue weighted by molar-refractivity contribution is -0.122. The number of nitrogens with zero attached hydrogens (tertiary/aromatic N) is 2. The highest BCUT2D eigenvalue weighted by Crippen LogP contribution is 2.28. The van der Waals surface area contributed by atoms with Crippen LogP contribution < -0.4 is 15.1 Å². The van der Waals surface area contributed by atoms with Crippen molar-refractivity contribution in [2.45, 2.75) is 13.3 Å². The predicted octanol–water partition coefficient (Wildman–Crippen LogP) is 3.33. The normalized spacial score (nSPS) is 16.6. The summed E-state index contributed by atoms with van der Waals surface area (Å²) in [6.07, 6.45) is 0.0560. The van der Waals surface area contributed by atoms with E-state index in [4.69, 9.17) is 0 Å². The molecule has 1 aliphatic heterocycles. The van der Waals surface area contributed by atoms with Gasteiger partial charge in [0.15, 0.2) is 11.6 Å². The second-order valence-corrected chi connectivity index (χ2v) is 6.91. The highest BCUT2D eigenvalue weighted by Gasteiger charge is 2.35. The summed E-state index contributed by atoms with van der Waals surface area (Å²) >= 11 is 0. The Kier molecular flexibility index (Phi) is 5.12. The monoisotopic (exact) mass is 373 g/mol. The lowest BCUT2D eigenvalue weighted by atomic mass is 10.1. The van der Waals surface area contributed by atoms with E-state index in [-0.39, 0.29) is 30.2 Å². The second kappa shape index (κ2) is 7.34. The highest BCUT2D eigenvalue weighted by molar-refractivity contribution is 6.03. The van der Waals surface area contributed by atoms with Crippen LogP contribution in [0.3, 0.4) is 0 Å². The van der Waals surface area contributed by atoms with Crippen LogP contribution in [-0.2, 0) is 9.59 Å². The molecule has 27 heavy (non-hydrogen) atoms. The molecular weight excluding hydrogens is 352 g/mol. The van der Waals surface area contributed by atoms with Crippen LogP contribution in [0.5, 0.6) is 0 Å². The van der Waals surface area contributed by atoms with Crippen LogP contribution in [0.4, 0.5) is 25.8 Å². The van der Waals surface area contributed by atoms with Crippen LogP contribution >= 0.6 is 0 Å². The fourth-order valence-corrected chi connectivity index (χ4v) is 3.17. The van der Waals surface area contributed by atoms with E-state index < -0.39 is 23.5 Å². The van der Waals surface area contributed by atoms with Crippen LogP contribution in [-0.4, -0.2) is 32.5 Å². The van der Waals surface area contributed by atoms with Crippen molar-refractivity contribution in [1.82, 2.24) is 0 Å². The third kappa shape index (κ3) is 3.92. The molecule has 5 nitrogen and oxygen atoms in total. The number of rotatable bonds is 4. The number of hydrogen-bond donors (Lipinski definition) is 1. The van der Waals surface area contributed by atoms with Gasteiger partial charge in [-0.2, -0.15) is 0 Å². The summed E-state index contributed by atoms with van der Waals surface area (Å²) in [5, 5.41) is 2.52. The van der Waals surface area contributed by atoms with Crippen molar-refractivity contribution in [2.75, 3.05) is 35.8 Å². The summed E-state index contributed by atoms with van der Waals surface area (Å²) in [4.78, 5) is 27.6. The number of hydrogen-bond acceptors (Lipinski definition) is 3. The summed E-state index contributed by atoms with van der Waals surface area (Å²) in [5.41, 5.74) is 1.66. The van der Waals surface area contributed by atoms with Crippen molar-refractivity contribution >= 4 is 28.9 Å².